The number of ether oxygens (including phenoxy) is 3. The summed E-state index contributed by atoms with van der Waals surface area (Å²) < 4.78 is 16.8. The normalized spacial score (nSPS) is 14.7. The van der Waals surface area contributed by atoms with E-state index in [1.54, 1.807) is 12.1 Å². The molecule has 0 aliphatic heterocycles. The second-order valence-corrected chi connectivity index (χ2v) is 8.57. The van der Waals surface area contributed by atoms with Crippen molar-refractivity contribution in [2.75, 3.05) is 33.2 Å². The van der Waals surface area contributed by atoms with Crippen LogP contribution in [0.25, 0.3) is 11.1 Å². The zero-order valence-electron chi connectivity index (χ0n) is 21.4. The third-order valence-corrected chi connectivity index (χ3v) is 6.10. The number of amides is 2. The van der Waals surface area contributed by atoms with Gasteiger partial charge < -0.3 is 35.3 Å². The minimum absolute atomic E-state index is 0.133. The smallest absolute Gasteiger partial charge is 0.322 e. The van der Waals surface area contributed by atoms with Crippen molar-refractivity contribution in [3.63, 3.8) is 0 Å². The highest BCUT2D eigenvalue weighted by Gasteiger charge is 2.29. The molecule has 2 atom stereocenters. The number of benzene rings is 1. The molecule has 0 spiro atoms. The van der Waals surface area contributed by atoms with E-state index in [1.807, 2.05) is 6.07 Å². The predicted octanol–water partition coefficient (Wildman–Crippen LogP) is 1.86. The molecule has 1 aliphatic rings. The number of aryl methyl sites for hydroxylation is 1. The van der Waals surface area contributed by atoms with Gasteiger partial charge in [0.15, 0.2) is 11.5 Å². The van der Waals surface area contributed by atoms with E-state index < -0.39 is 35.9 Å². The van der Waals surface area contributed by atoms with E-state index in [9.17, 15) is 19.2 Å². The molecule has 198 valence electrons. The minimum Gasteiger partial charge on any atom is -0.493 e. The van der Waals surface area contributed by atoms with E-state index in [1.165, 1.54) is 41.2 Å². The maximum atomic E-state index is 13.3. The van der Waals surface area contributed by atoms with Gasteiger partial charge in [0.05, 0.1) is 33.1 Å². The molecule has 0 unspecified atom stereocenters. The Balaban J connectivity index is 2.20. The Morgan fingerprint density at radius 3 is 2.38 bits per heavy atom. The Hall–Kier alpha value is -4.28. The van der Waals surface area contributed by atoms with Crippen LogP contribution >= 0.6 is 0 Å². The molecule has 2 aromatic rings. The average Bonchev–Trinajstić information content (AvgIpc) is 3.10. The van der Waals surface area contributed by atoms with Crippen LogP contribution in [0.5, 0.6) is 17.2 Å². The van der Waals surface area contributed by atoms with Gasteiger partial charge in [0.1, 0.15) is 12.6 Å². The molecular weight excluding hydrogens is 482 g/mol. The molecule has 0 saturated heterocycles. The van der Waals surface area contributed by atoms with Crippen molar-refractivity contribution in [3.05, 3.63) is 45.6 Å². The predicted molar refractivity (Wildman–Crippen MR) is 136 cm³/mol. The molecule has 11 heteroatoms. The molecule has 2 amide bonds. The second kappa shape index (κ2) is 11.6. The average molecular weight is 514 g/mol. The quantitative estimate of drug-likeness (QED) is 0.394. The third kappa shape index (κ3) is 5.93. The molecule has 3 rings (SSSR count). The topological polar surface area (TPSA) is 152 Å². The Morgan fingerprint density at radius 2 is 1.78 bits per heavy atom. The number of carboxylic acids is 1. The molecule has 0 aromatic heterocycles. The number of hydrogen-bond acceptors (Lipinski definition) is 8. The zero-order valence-corrected chi connectivity index (χ0v) is 21.4. The summed E-state index contributed by atoms with van der Waals surface area (Å²) in [6.45, 7) is 2.40. The molecule has 1 aliphatic carbocycles. The van der Waals surface area contributed by atoms with Crippen molar-refractivity contribution in [3.8, 4) is 28.4 Å². The minimum atomic E-state index is -1.18. The lowest BCUT2D eigenvalue weighted by Gasteiger charge is -2.19. The number of carbonyl (C=O) groups is 3. The number of rotatable bonds is 9. The van der Waals surface area contributed by atoms with Crippen LogP contribution in [0.3, 0.4) is 0 Å². The van der Waals surface area contributed by atoms with Crippen LogP contribution in [0.15, 0.2) is 29.1 Å². The van der Waals surface area contributed by atoms with Gasteiger partial charge in [-0.05, 0) is 54.7 Å². The van der Waals surface area contributed by atoms with Gasteiger partial charge in [0.25, 0.3) is 0 Å². The second-order valence-electron chi connectivity index (χ2n) is 8.57. The Bertz CT molecular complexity index is 1280. The number of aliphatic carboxylic acids is 1. The van der Waals surface area contributed by atoms with Crippen molar-refractivity contribution < 1.29 is 33.7 Å². The number of anilines is 1. The molecule has 0 bridgehead atoms. The van der Waals surface area contributed by atoms with Gasteiger partial charge in [0, 0.05) is 12.5 Å². The first-order valence-electron chi connectivity index (χ1n) is 11.6. The summed E-state index contributed by atoms with van der Waals surface area (Å²) >= 11 is 0. The first-order valence-corrected chi connectivity index (χ1v) is 11.6. The first-order chi connectivity index (χ1) is 17.6. The van der Waals surface area contributed by atoms with Gasteiger partial charge >= 0.3 is 5.97 Å². The Kier molecular flexibility index (Phi) is 8.59. The maximum Gasteiger partial charge on any atom is 0.322 e. The number of nitrogens with one attached hydrogen (secondary N) is 3. The molecule has 4 N–H and O–H groups in total. The van der Waals surface area contributed by atoms with Gasteiger partial charge in [-0.15, -0.1) is 0 Å². The SMILES string of the molecule is COc1cc2c(c(OC)c1OC)-c1ccc(N[C@@H](C)C(=O)NCC(=O)O)c(=O)cc1[C@@H](NC(C)=O)CC2. The van der Waals surface area contributed by atoms with Gasteiger partial charge in [-0.1, -0.05) is 6.07 Å². The maximum absolute atomic E-state index is 13.3. The van der Waals surface area contributed by atoms with E-state index in [2.05, 4.69) is 16.0 Å². The highest BCUT2D eigenvalue weighted by molar-refractivity contribution is 5.87. The first kappa shape index (κ1) is 27.3. The largest absolute Gasteiger partial charge is 0.493 e. The van der Waals surface area contributed by atoms with E-state index in [4.69, 9.17) is 19.3 Å². The highest BCUT2D eigenvalue weighted by atomic mass is 16.5. The summed E-state index contributed by atoms with van der Waals surface area (Å²) in [7, 11) is 4.55. The molecular formula is C26H31N3O8. The van der Waals surface area contributed by atoms with E-state index in [-0.39, 0.29) is 11.6 Å². The van der Waals surface area contributed by atoms with Crippen LogP contribution in [0, 0.1) is 0 Å². The summed E-state index contributed by atoms with van der Waals surface area (Å²) in [4.78, 5) is 48.3. The van der Waals surface area contributed by atoms with E-state index in [0.29, 0.717) is 46.8 Å². The summed E-state index contributed by atoms with van der Waals surface area (Å²) in [6, 6.07) is 5.23. The van der Waals surface area contributed by atoms with Crippen molar-refractivity contribution in [2.45, 2.75) is 38.8 Å². The molecule has 0 fully saturated rings. The van der Waals surface area contributed by atoms with Crippen LogP contribution in [0.2, 0.25) is 0 Å². The van der Waals surface area contributed by atoms with Crippen LogP contribution < -0.4 is 35.6 Å². The fraction of sp³-hybridized carbons (Fsp3) is 0.385. The van der Waals surface area contributed by atoms with Gasteiger partial charge in [-0.2, -0.15) is 0 Å². The lowest BCUT2D eigenvalue weighted by molar-refractivity contribution is -0.138. The molecule has 0 heterocycles. The van der Waals surface area contributed by atoms with Crippen LogP contribution in [0.1, 0.15) is 37.4 Å². The number of fused-ring (bicyclic) bond motifs is 3. The van der Waals surface area contributed by atoms with Crippen LogP contribution in [0.4, 0.5) is 5.69 Å². The van der Waals surface area contributed by atoms with Crippen LogP contribution in [-0.2, 0) is 20.8 Å². The van der Waals surface area contributed by atoms with Crippen molar-refractivity contribution in [2.24, 2.45) is 0 Å². The number of carboxylic acid groups (broad SMARTS) is 1. The summed E-state index contributed by atoms with van der Waals surface area (Å²) in [5, 5.41) is 16.9. The molecule has 0 saturated carbocycles. The molecule has 11 nitrogen and oxygen atoms in total. The van der Waals surface area contributed by atoms with Crippen molar-refractivity contribution in [1.82, 2.24) is 10.6 Å². The fourth-order valence-corrected chi connectivity index (χ4v) is 4.44. The van der Waals surface area contributed by atoms with E-state index in [0.717, 1.165) is 5.56 Å². The number of hydrogen-bond donors (Lipinski definition) is 4. The van der Waals surface area contributed by atoms with E-state index >= 15 is 0 Å². The van der Waals surface area contributed by atoms with Gasteiger partial charge in [-0.25, -0.2) is 0 Å². The summed E-state index contributed by atoms with van der Waals surface area (Å²) in [5.41, 5.74) is 2.55. The zero-order chi connectivity index (χ0) is 27.3. The Labute approximate surface area is 214 Å². The number of carbonyl (C=O) groups excluding carboxylic acids is 2. The molecule has 0 radical (unpaired) electrons. The summed E-state index contributed by atoms with van der Waals surface area (Å²) in [5.74, 6) is -0.686. The van der Waals surface area contributed by atoms with Crippen molar-refractivity contribution >= 4 is 23.5 Å². The summed E-state index contributed by atoms with van der Waals surface area (Å²) in [6.07, 6.45) is 1.08. The lowest BCUT2D eigenvalue weighted by atomic mass is 9.95. The Morgan fingerprint density at radius 1 is 1.08 bits per heavy atom. The van der Waals surface area contributed by atoms with Crippen molar-refractivity contribution in [1.29, 1.82) is 0 Å². The number of methoxy groups -OCH3 is 3. The molecule has 37 heavy (non-hydrogen) atoms. The third-order valence-electron chi connectivity index (χ3n) is 6.10. The standard InChI is InChI=1S/C26H31N3O8/c1-13(26(34)27-12-22(32)33)28-19-9-7-16-17(11-20(19)31)18(29-14(2)30)8-6-15-10-21(35-3)24(36-4)25(37-5)23(15)16/h7,9-11,13,18H,6,8,12H2,1-5H3,(H,27,34)(H,28,31)(H,29,30)(H,32,33)/t13-,18-/m0/s1. The fourth-order valence-electron chi connectivity index (χ4n) is 4.44. The van der Waals surface area contributed by atoms with Gasteiger partial charge in [-0.3, -0.25) is 19.2 Å². The highest BCUT2D eigenvalue weighted by Crippen LogP contribution is 2.50. The van der Waals surface area contributed by atoms with Gasteiger partial charge in [0.2, 0.25) is 23.0 Å². The monoisotopic (exact) mass is 513 g/mol. The van der Waals surface area contributed by atoms with Crippen LogP contribution in [-0.4, -0.2) is 56.8 Å². The lowest BCUT2D eigenvalue weighted by Crippen LogP contribution is -2.40. The molecule has 2 aromatic carbocycles.